The van der Waals surface area contributed by atoms with Crippen molar-refractivity contribution in [2.24, 2.45) is 17.3 Å². The summed E-state index contributed by atoms with van der Waals surface area (Å²) in [6.45, 7) is 20.2. The van der Waals surface area contributed by atoms with Gasteiger partial charge in [0.25, 0.3) is 0 Å². The molecule has 3 unspecified atom stereocenters. The van der Waals surface area contributed by atoms with Gasteiger partial charge in [-0.25, -0.2) is 0 Å². The van der Waals surface area contributed by atoms with Crippen LogP contribution in [0.15, 0.2) is 130 Å². The van der Waals surface area contributed by atoms with Crippen LogP contribution in [0.5, 0.6) is 0 Å². The van der Waals surface area contributed by atoms with Gasteiger partial charge in [0.15, 0.2) is 11.6 Å². The highest BCUT2D eigenvalue weighted by atomic mass is 16.3. The maximum atomic E-state index is 12.3. The first-order valence-electron chi connectivity index (χ1n) is 16.0. The van der Waals surface area contributed by atoms with Crippen molar-refractivity contribution in [3.05, 3.63) is 130 Å². The van der Waals surface area contributed by atoms with Gasteiger partial charge in [0, 0.05) is 0 Å². The molecular weight excluding hydrogens is 556 g/mol. The maximum Gasteiger partial charge on any atom is 0.187 e. The number of ketones is 2. The van der Waals surface area contributed by atoms with E-state index >= 15 is 0 Å². The van der Waals surface area contributed by atoms with Crippen LogP contribution in [0.4, 0.5) is 0 Å². The molecule has 2 aliphatic carbocycles. The van der Waals surface area contributed by atoms with Gasteiger partial charge in [0.1, 0.15) is 12.2 Å². The van der Waals surface area contributed by atoms with Crippen molar-refractivity contribution in [2.75, 3.05) is 0 Å². The lowest BCUT2D eigenvalue weighted by atomic mass is 9.71. The summed E-state index contributed by atoms with van der Waals surface area (Å²) in [6.07, 6.45) is 27.7. The van der Waals surface area contributed by atoms with Gasteiger partial charge in [-0.1, -0.05) is 135 Å². The molecule has 45 heavy (non-hydrogen) atoms. The smallest absolute Gasteiger partial charge is 0.187 e. The highest BCUT2D eigenvalue weighted by Gasteiger charge is 2.36. The molecule has 0 fully saturated rings. The fourth-order valence-electron chi connectivity index (χ4n) is 5.73. The van der Waals surface area contributed by atoms with E-state index < -0.39 is 12.2 Å². The Balaban J connectivity index is 1.96. The van der Waals surface area contributed by atoms with Gasteiger partial charge in [-0.05, 0) is 93.9 Å². The van der Waals surface area contributed by atoms with Crippen LogP contribution >= 0.6 is 0 Å². The van der Waals surface area contributed by atoms with Crippen LogP contribution in [-0.2, 0) is 9.59 Å². The predicted molar refractivity (Wildman–Crippen MR) is 189 cm³/mol. The topological polar surface area (TPSA) is 74.6 Å². The Morgan fingerprint density at radius 1 is 0.689 bits per heavy atom. The van der Waals surface area contributed by atoms with Crippen molar-refractivity contribution >= 4 is 11.6 Å². The first-order valence-corrected chi connectivity index (χ1v) is 16.0. The van der Waals surface area contributed by atoms with Crippen molar-refractivity contribution in [1.82, 2.24) is 0 Å². The van der Waals surface area contributed by atoms with Gasteiger partial charge in [0.2, 0.25) is 0 Å². The summed E-state index contributed by atoms with van der Waals surface area (Å²) in [5.41, 5.74) is 7.50. The van der Waals surface area contributed by atoms with Gasteiger partial charge in [-0.15, -0.1) is 0 Å². The number of rotatable bonds is 11. The van der Waals surface area contributed by atoms with Crippen molar-refractivity contribution in [3.63, 3.8) is 0 Å². The minimum absolute atomic E-state index is 0.159. The Hall–Kier alpha value is -3.60. The van der Waals surface area contributed by atoms with Crippen molar-refractivity contribution in [3.8, 4) is 0 Å². The fourth-order valence-corrected chi connectivity index (χ4v) is 5.73. The molecule has 0 saturated heterocycles. The van der Waals surface area contributed by atoms with Crippen molar-refractivity contribution < 1.29 is 19.8 Å². The molecule has 0 saturated carbocycles. The fraction of sp³-hybridized carbons (Fsp3) is 0.415. The van der Waals surface area contributed by atoms with E-state index in [4.69, 9.17) is 0 Å². The molecule has 2 aliphatic rings. The number of aliphatic hydroxyl groups is 2. The van der Waals surface area contributed by atoms with Gasteiger partial charge in [-0.2, -0.15) is 0 Å². The normalized spacial score (nSPS) is 24.9. The molecule has 0 aromatic rings. The summed E-state index contributed by atoms with van der Waals surface area (Å²) in [6, 6.07) is 0. The van der Waals surface area contributed by atoms with E-state index in [-0.39, 0.29) is 22.9 Å². The van der Waals surface area contributed by atoms with Crippen LogP contribution in [-0.4, -0.2) is 34.0 Å². The molecule has 0 spiro atoms. The maximum absolute atomic E-state index is 12.3. The largest absolute Gasteiger partial charge is 0.385 e. The number of aliphatic hydroxyl groups excluding tert-OH is 2. The van der Waals surface area contributed by atoms with Crippen LogP contribution in [0.25, 0.3) is 0 Å². The quantitative estimate of drug-likeness (QED) is 0.229. The Kier molecular flexibility index (Phi) is 14.4. The van der Waals surface area contributed by atoms with Gasteiger partial charge < -0.3 is 10.2 Å². The molecular formula is C41H54O4. The van der Waals surface area contributed by atoms with E-state index in [1.807, 2.05) is 75.5 Å². The number of carbonyl (C=O) groups is 2. The van der Waals surface area contributed by atoms with Crippen molar-refractivity contribution in [2.45, 2.75) is 94.3 Å². The molecule has 0 amide bonds. The Morgan fingerprint density at radius 2 is 1.13 bits per heavy atom. The van der Waals surface area contributed by atoms with Crippen LogP contribution in [0.1, 0.15) is 82.1 Å². The lowest BCUT2D eigenvalue weighted by molar-refractivity contribution is -0.125. The summed E-state index contributed by atoms with van der Waals surface area (Å²) in [5, 5.41) is 20.1. The van der Waals surface area contributed by atoms with Crippen LogP contribution < -0.4 is 0 Å². The predicted octanol–water partition coefficient (Wildman–Crippen LogP) is 9.15. The molecule has 0 bridgehead atoms. The molecule has 0 radical (unpaired) electrons. The monoisotopic (exact) mass is 610 g/mol. The molecule has 0 heterocycles. The standard InChI is InChI=1S/C41H54O4/c1-27(2)35-25-37(42)39(44)32(7)34(35)23-21-30(5)19-13-17-28(3)15-11-12-16-29(4)18-14-20-31(6)22-24-36-33(8)40(45)38(43)26-41(36,9)10/h11-24,27,35,37-38,42-43H,25-26H2,1-10H3/b12-11+,17-13+,18-14+,23-21+,24-22+,28-15+,29-16+,30-19+,31-20+. The zero-order chi connectivity index (χ0) is 33.9. The number of Topliss-reactive ketones (excluding diaryl/α,β-unsaturated/α-hetero) is 2. The first-order chi connectivity index (χ1) is 21.0. The molecule has 4 heteroatoms. The summed E-state index contributed by atoms with van der Waals surface area (Å²) in [5.74, 6) is 0.197. The zero-order valence-corrected chi connectivity index (χ0v) is 29.0. The van der Waals surface area contributed by atoms with E-state index in [0.29, 0.717) is 29.9 Å². The summed E-state index contributed by atoms with van der Waals surface area (Å²) in [7, 11) is 0. The van der Waals surface area contributed by atoms with E-state index in [9.17, 15) is 19.8 Å². The molecule has 3 atom stereocenters. The minimum atomic E-state index is -0.907. The summed E-state index contributed by atoms with van der Waals surface area (Å²) >= 11 is 0. The SMILES string of the molecule is CC1=C(/C=C/C(C)=C/C=C/C(C)=C/C=C/C=C(C)/C=C/C=C(C)/C=C/C2=C(C)C(=O)C(O)CC2(C)C)C(C(C)C)CC(O)C1=O. The van der Waals surface area contributed by atoms with Gasteiger partial charge >= 0.3 is 0 Å². The Labute approximate surface area is 272 Å². The van der Waals surface area contributed by atoms with Gasteiger partial charge in [0.05, 0.1) is 0 Å². The molecule has 2 N–H and O–H groups in total. The number of hydrogen-bond donors (Lipinski definition) is 2. The van der Waals surface area contributed by atoms with Crippen molar-refractivity contribution in [1.29, 1.82) is 0 Å². The van der Waals surface area contributed by atoms with Crippen LogP contribution in [0.2, 0.25) is 0 Å². The van der Waals surface area contributed by atoms with Gasteiger partial charge in [-0.3, -0.25) is 9.59 Å². The highest BCUT2D eigenvalue weighted by Crippen LogP contribution is 2.39. The van der Waals surface area contributed by atoms with Crippen LogP contribution in [0, 0.1) is 17.3 Å². The van der Waals surface area contributed by atoms with E-state index in [1.165, 1.54) is 0 Å². The third kappa shape index (κ3) is 11.4. The second kappa shape index (κ2) is 17.2. The average molecular weight is 611 g/mol. The second-order valence-corrected chi connectivity index (χ2v) is 13.5. The second-order valence-electron chi connectivity index (χ2n) is 13.5. The summed E-state index contributed by atoms with van der Waals surface area (Å²) in [4.78, 5) is 24.6. The Bertz CT molecular complexity index is 1450. The molecule has 4 nitrogen and oxygen atoms in total. The molecule has 0 aromatic carbocycles. The summed E-state index contributed by atoms with van der Waals surface area (Å²) < 4.78 is 0. The number of allylic oxidation sites excluding steroid dienone is 20. The number of carbonyl (C=O) groups excluding carboxylic acids is 2. The third-order valence-corrected chi connectivity index (χ3v) is 8.60. The molecule has 2 rings (SSSR count). The Morgan fingerprint density at radius 3 is 1.64 bits per heavy atom. The highest BCUT2D eigenvalue weighted by molar-refractivity contribution is 6.01. The zero-order valence-electron chi connectivity index (χ0n) is 29.0. The molecule has 242 valence electrons. The number of hydrogen-bond acceptors (Lipinski definition) is 4. The third-order valence-electron chi connectivity index (χ3n) is 8.60. The lowest BCUT2D eigenvalue weighted by Gasteiger charge is -2.34. The molecule has 0 aromatic heterocycles. The minimum Gasteiger partial charge on any atom is -0.385 e. The lowest BCUT2D eigenvalue weighted by Crippen LogP contribution is -2.35. The first kappa shape index (κ1) is 37.6. The average Bonchev–Trinajstić information content (AvgIpc) is 2.95. The van der Waals surface area contributed by atoms with E-state index in [1.54, 1.807) is 6.92 Å². The molecule has 0 aliphatic heterocycles. The van der Waals surface area contributed by atoms with E-state index in [0.717, 1.165) is 33.4 Å². The van der Waals surface area contributed by atoms with Crippen LogP contribution in [0.3, 0.4) is 0 Å². The van der Waals surface area contributed by atoms with E-state index in [2.05, 4.69) is 71.9 Å².